The summed E-state index contributed by atoms with van der Waals surface area (Å²) in [6.45, 7) is 4.66. The zero-order valence-electron chi connectivity index (χ0n) is 17.3. The maximum absolute atomic E-state index is 6.01. The van der Waals surface area contributed by atoms with Crippen molar-refractivity contribution in [3.05, 3.63) is 82.9 Å². The molecule has 4 rings (SSSR count). The Hall–Kier alpha value is -3.80. The fourth-order valence-electron chi connectivity index (χ4n) is 3.17. The lowest BCUT2D eigenvalue weighted by Crippen LogP contribution is -2.01. The van der Waals surface area contributed by atoms with Crippen LogP contribution in [0.3, 0.4) is 0 Å². The normalized spacial score (nSPS) is 11.2. The summed E-state index contributed by atoms with van der Waals surface area (Å²) < 4.78 is 11.5. The van der Waals surface area contributed by atoms with Gasteiger partial charge in [0.1, 0.15) is 6.61 Å². The summed E-state index contributed by atoms with van der Waals surface area (Å²) in [6, 6.07) is 19.9. The van der Waals surface area contributed by atoms with Crippen LogP contribution in [0.15, 0.2) is 65.8 Å². The molecule has 0 aliphatic rings. The average Bonchev–Trinajstić information content (AvgIpc) is 3.17. The zero-order valence-corrected chi connectivity index (χ0v) is 17.3. The maximum atomic E-state index is 6.01. The Kier molecular flexibility index (Phi) is 5.66. The van der Waals surface area contributed by atoms with Crippen LogP contribution in [0.2, 0.25) is 0 Å². The molecule has 0 spiro atoms. The summed E-state index contributed by atoms with van der Waals surface area (Å²) in [6.07, 6.45) is 1.71. The summed E-state index contributed by atoms with van der Waals surface area (Å²) in [5.74, 6) is 1.95. The number of hydrogen-bond acceptors (Lipinski definition) is 5. The number of hydrogen-bond donors (Lipinski definition) is 2. The molecule has 0 aliphatic heterocycles. The third-order valence-corrected chi connectivity index (χ3v) is 4.85. The van der Waals surface area contributed by atoms with E-state index in [-0.39, 0.29) is 0 Å². The van der Waals surface area contributed by atoms with Crippen molar-refractivity contribution in [2.24, 2.45) is 5.10 Å². The van der Waals surface area contributed by atoms with Crippen LogP contribution in [0.25, 0.3) is 11.0 Å². The van der Waals surface area contributed by atoms with Crippen LogP contribution in [-0.2, 0) is 6.61 Å². The molecule has 0 fully saturated rings. The number of aryl methyl sites for hydroxylation is 2. The second kappa shape index (κ2) is 8.69. The standard InChI is InChI=1S/C24H24N4O2/c1-16-8-9-17(2)19(12-16)15-30-22-11-10-18(13-23(22)29-3)14-25-28-24-26-20-6-4-5-7-21(20)27-24/h4-14H,15H2,1-3H3,(H2,26,27,28)/b25-14-. The molecule has 4 aromatic rings. The lowest BCUT2D eigenvalue weighted by atomic mass is 10.1. The van der Waals surface area contributed by atoms with Crippen molar-refractivity contribution in [3.63, 3.8) is 0 Å². The second-order valence-electron chi connectivity index (χ2n) is 7.10. The fraction of sp³-hybridized carbons (Fsp3) is 0.167. The van der Waals surface area contributed by atoms with Crippen molar-refractivity contribution in [1.82, 2.24) is 9.97 Å². The molecule has 0 aliphatic carbocycles. The number of H-pyrrole nitrogens is 1. The number of imidazole rings is 1. The van der Waals surface area contributed by atoms with Crippen molar-refractivity contribution < 1.29 is 9.47 Å². The van der Waals surface area contributed by atoms with Gasteiger partial charge in [-0.15, -0.1) is 0 Å². The highest BCUT2D eigenvalue weighted by Gasteiger charge is 2.07. The first-order valence-corrected chi connectivity index (χ1v) is 9.73. The van der Waals surface area contributed by atoms with Crippen molar-refractivity contribution in [2.75, 3.05) is 12.5 Å². The van der Waals surface area contributed by atoms with Gasteiger partial charge in [-0.2, -0.15) is 5.10 Å². The van der Waals surface area contributed by atoms with Gasteiger partial charge in [0.05, 0.1) is 24.4 Å². The van der Waals surface area contributed by atoms with E-state index in [0.717, 1.165) is 22.2 Å². The zero-order chi connectivity index (χ0) is 20.9. The SMILES string of the molecule is COc1cc(/C=N\Nc2nc3ccccc3[nH]2)ccc1OCc1cc(C)ccc1C. The van der Waals surface area contributed by atoms with Gasteiger partial charge in [-0.25, -0.2) is 10.4 Å². The molecular weight excluding hydrogens is 376 g/mol. The average molecular weight is 400 g/mol. The van der Waals surface area contributed by atoms with Gasteiger partial charge in [-0.1, -0.05) is 35.9 Å². The first kappa shape index (κ1) is 19.5. The van der Waals surface area contributed by atoms with E-state index in [2.05, 4.69) is 52.5 Å². The predicted molar refractivity (Wildman–Crippen MR) is 121 cm³/mol. The Morgan fingerprint density at radius 2 is 1.90 bits per heavy atom. The number of methoxy groups -OCH3 is 1. The minimum Gasteiger partial charge on any atom is -0.493 e. The monoisotopic (exact) mass is 400 g/mol. The number of nitrogens with zero attached hydrogens (tertiary/aromatic N) is 2. The minimum atomic E-state index is 0.491. The van der Waals surface area contributed by atoms with Crippen LogP contribution in [0, 0.1) is 13.8 Å². The summed E-state index contributed by atoms with van der Waals surface area (Å²) >= 11 is 0. The third-order valence-electron chi connectivity index (χ3n) is 4.85. The van der Waals surface area contributed by atoms with Gasteiger partial charge in [-0.05, 0) is 60.9 Å². The number of rotatable bonds is 7. The number of aromatic nitrogens is 2. The molecule has 152 valence electrons. The van der Waals surface area contributed by atoms with Crippen LogP contribution >= 0.6 is 0 Å². The Labute approximate surface area is 175 Å². The van der Waals surface area contributed by atoms with E-state index in [4.69, 9.17) is 9.47 Å². The number of benzene rings is 3. The third kappa shape index (κ3) is 4.43. The first-order valence-electron chi connectivity index (χ1n) is 9.73. The highest BCUT2D eigenvalue weighted by Crippen LogP contribution is 2.29. The van der Waals surface area contributed by atoms with Crippen LogP contribution in [0.5, 0.6) is 11.5 Å². The summed E-state index contributed by atoms with van der Waals surface area (Å²) in [4.78, 5) is 7.61. The van der Waals surface area contributed by atoms with E-state index in [9.17, 15) is 0 Å². The number of ether oxygens (including phenoxy) is 2. The van der Waals surface area contributed by atoms with E-state index >= 15 is 0 Å². The number of hydrazone groups is 1. The van der Waals surface area contributed by atoms with Crippen LogP contribution < -0.4 is 14.9 Å². The number of aromatic amines is 1. The number of fused-ring (bicyclic) bond motifs is 1. The molecule has 2 N–H and O–H groups in total. The summed E-state index contributed by atoms with van der Waals surface area (Å²) in [5.41, 5.74) is 9.25. The molecule has 1 aromatic heterocycles. The molecule has 0 unspecified atom stereocenters. The fourth-order valence-corrected chi connectivity index (χ4v) is 3.17. The van der Waals surface area contributed by atoms with Crippen molar-refractivity contribution >= 4 is 23.2 Å². The smallest absolute Gasteiger partial charge is 0.222 e. The van der Waals surface area contributed by atoms with Crippen molar-refractivity contribution in [3.8, 4) is 11.5 Å². The van der Waals surface area contributed by atoms with E-state index in [1.807, 2.05) is 42.5 Å². The molecule has 3 aromatic carbocycles. The maximum Gasteiger partial charge on any atom is 0.222 e. The van der Waals surface area contributed by atoms with Gasteiger partial charge in [-0.3, -0.25) is 0 Å². The molecule has 0 saturated carbocycles. The molecule has 1 heterocycles. The van der Waals surface area contributed by atoms with Gasteiger partial charge in [0.15, 0.2) is 11.5 Å². The number of para-hydroxylation sites is 2. The van der Waals surface area contributed by atoms with E-state index < -0.39 is 0 Å². The molecule has 0 saturated heterocycles. The molecule has 0 amide bonds. The van der Waals surface area contributed by atoms with Gasteiger partial charge >= 0.3 is 0 Å². The largest absolute Gasteiger partial charge is 0.493 e. The van der Waals surface area contributed by atoms with E-state index in [1.165, 1.54) is 11.1 Å². The Bertz CT molecular complexity index is 1160. The summed E-state index contributed by atoms with van der Waals surface area (Å²) in [7, 11) is 1.63. The Balaban J connectivity index is 1.43. The van der Waals surface area contributed by atoms with Gasteiger partial charge in [0.2, 0.25) is 5.95 Å². The first-order chi connectivity index (χ1) is 14.6. The van der Waals surface area contributed by atoms with Crippen LogP contribution in [0.4, 0.5) is 5.95 Å². The lowest BCUT2D eigenvalue weighted by molar-refractivity contribution is 0.284. The van der Waals surface area contributed by atoms with E-state index in [1.54, 1.807) is 13.3 Å². The van der Waals surface area contributed by atoms with Crippen LogP contribution in [-0.4, -0.2) is 23.3 Å². The van der Waals surface area contributed by atoms with Gasteiger partial charge in [0.25, 0.3) is 0 Å². The Morgan fingerprint density at radius 1 is 1.03 bits per heavy atom. The van der Waals surface area contributed by atoms with Crippen molar-refractivity contribution in [1.29, 1.82) is 0 Å². The highest BCUT2D eigenvalue weighted by atomic mass is 16.5. The number of anilines is 1. The molecule has 6 nitrogen and oxygen atoms in total. The molecule has 30 heavy (non-hydrogen) atoms. The van der Waals surface area contributed by atoms with Gasteiger partial charge in [0, 0.05) is 0 Å². The lowest BCUT2D eigenvalue weighted by Gasteiger charge is -2.13. The predicted octanol–water partition coefficient (Wildman–Crippen LogP) is 5.21. The molecule has 0 radical (unpaired) electrons. The highest BCUT2D eigenvalue weighted by molar-refractivity contribution is 5.82. The molecule has 0 atom stereocenters. The topological polar surface area (TPSA) is 71.5 Å². The van der Waals surface area contributed by atoms with Crippen LogP contribution in [0.1, 0.15) is 22.3 Å². The van der Waals surface area contributed by atoms with Crippen molar-refractivity contribution in [2.45, 2.75) is 20.5 Å². The number of nitrogens with one attached hydrogen (secondary N) is 2. The second-order valence-corrected chi connectivity index (χ2v) is 7.10. The van der Waals surface area contributed by atoms with E-state index in [0.29, 0.717) is 24.1 Å². The minimum absolute atomic E-state index is 0.491. The van der Waals surface area contributed by atoms with Gasteiger partial charge < -0.3 is 14.5 Å². The quantitative estimate of drug-likeness (QED) is 0.330. The molecular formula is C24H24N4O2. The summed E-state index contributed by atoms with van der Waals surface area (Å²) in [5, 5.41) is 4.26. The molecule has 6 heteroatoms. The Morgan fingerprint density at radius 3 is 2.73 bits per heavy atom. The molecule has 0 bridgehead atoms.